The number of hydrogen-bond donors (Lipinski definition) is 3. The van der Waals surface area contributed by atoms with Gasteiger partial charge in [0.1, 0.15) is 5.69 Å². The van der Waals surface area contributed by atoms with Crippen molar-refractivity contribution in [3.8, 4) is 11.8 Å². The van der Waals surface area contributed by atoms with Crippen LogP contribution < -0.4 is 10.6 Å². The number of rotatable bonds is 5. The SMILES string of the molecule is CCC(C)(CCO)NC(=O)Nc1cccc(C#Cc2ccccn2)c1. The third-order valence-electron chi connectivity index (χ3n) is 3.98. The van der Waals surface area contributed by atoms with Crippen LogP contribution in [0.25, 0.3) is 0 Å². The zero-order chi connectivity index (χ0) is 18.1. The minimum atomic E-state index is -0.435. The minimum absolute atomic E-state index is 0.0310. The van der Waals surface area contributed by atoms with Crippen LogP contribution in [-0.4, -0.2) is 28.3 Å². The molecule has 0 saturated heterocycles. The van der Waals surface area contributed by atoms with Crippen molar-refractivity contribution in [2.24, 2.45) is 0 Å². The summed E-state index contributed by atoms with van der Waals surface area (Å²) >= 11 is 0. The first-order valence-corrected chi connectivity index (χ1v) is 8.28. The topological polar surface area (TPSA) is 74.2 Å². The number of carbonyl (C=O) groups excluding carboxylic acids is 1. The third-order valence-corrected chi connectivity index (χ3v) is 3.98. The zero-order valence-corrected chi connectivity index (χ0v) is 14.5. The molecule has 0 radical (unpaired) electrons. The fourth-order valence-corrected chi connectivity index (χ4v) is 2.26. The van der Waals surface area contributed by atoms with Crippen LogP contribution in [0.15, 0.2) is 48.7 Å². The van der Waals surface area contributed by atoms with E-state index in [1.165, 1.54) is 0 Å². The molecule has 2 rings (SSSR count). The van der Waals surface area contributed by atoms with E-state index in [0.29, 0.717) is 17.8 Å². The fraction of sp³-hybridized carbons (Fsp3) is 0.300. The summed E-state index contributed by atoms with van der Waals surface area (Å²) in [5, 5.41) is 14.9. The second kappa shape index (κ2) is 8.86. The molecular formula is C20H23N3O2. The molecule has 1 aromatic carbocycles. The Hall–Kier alpha value is -2.84. The number of nitrogens with one attached hydrogen (secondary N) is 2. The molecule has 0 fully saturated rings. The molecular weight excluding hydrogens is 314 g/mol. The summed E-state index contributed by atoms with van der Waals surface area (Å²) in [7, 11) is 0. The number of urea groups is 1. The lowest BCUT2D eigenvalue weighted by Crippen LogP contribution is -2.48. The monoisotopic (exact) mass is 337 g/mol. The quantitative estimate of drug-likeness (QED) is 0.734. The number of benzene rings is 1. The van der Waals surface area contributed by atoms with Gasteiger partial charge in [-0.25, -0.2) is 9.78 Å². The first-order chi connectivity index (χ1) is 12.0. The predicted octanol–water partition coefficient (Wildman–Crippen LogP) is 3.15. The van der Waals surface area contributed by atoms with E-state index < -0.39 is 5.54 Å². The molecule has 1 heterocycles. The van der Waals surface area contributed by atoms with Gasteiger partial charge in [0.2, 0.25) is 0 Å². The van der Waals surface area contributed by atoms with Crippen LogP contribution in [0.5, 0.6) is 0 Å². The first kappa shape index (κ1) is 18.5. The van der Waals surface area contributed by atoms with Gasteiger partial charge in [0.25, 0.3) is 0 Å². The van der Waals surface area contributed by atoms with E-state index >= 15 is 0 Å². The van der Waals surface area contributed by atoms with Crippen LogP contribution in [0.2, 0.25) is 0 Å². The van der Waals surface area contributed by atoms with Crippen LogP contribution in [0.1, 0.15) is 37.9 Å². The molecule has 0 saturated carbocycles. The predicted molar refractivity (Wildman–Crippen MR) is 99.2 cm³/mol. The van der Waals surface area contributed by atoms with Crippen LogP contribution >= 0.6 is 0 Å². The second-order valence-electron chi connectivity index (χ2n) is 6.01. The first-order valence-electron chi connectivity index (χ1n) is 8.28. The van der Waals surface area contributed by atoms with Gasteiger partial charge in [-0.1, -0.05) is 25.0 Å². The van der Waals surface area contributed by atoms with Gasteiger partial charge in [-0.05, 0) is 56.0 Å². The number of hydrogen-bond acceptors (Lipinski definition) is 3. The van der Waals surface area contributed by atoms with Crippen molar-refractivity contribution >= 4 is 11.7 Å². The van der Waals surface area contributed by atoms with Crippen molar-refractivity contribution < 1.29 is 9.90 Å². The highest BCUT2D eigenvalue weighted by atomic mass is 16.3. The van der Waals surface area contributed by atoms with Gasteiger partial charge in [0, 0.05) is 29.6 Å². The van der Waals surface area contributed by atoms with Gasteiger partial charge in [0.15, 0.2) is 0 Å². The third kappa shape index (κ3) is 5.94. The number of pyridine rings is 1. The van der Waals surface area contributed by atoms with E-state index in [-0.39, 0.29) is 12.6 Å². The van der Waals surface area contributed by atoms with Gasteiger partial charge in [-0.3, -0.25) is 0 Å². The van der Waals surface area contributed by atoms with Crippen LogP contribution in [0.3, 0.4) is 0 Å². The number of aliphatic hydroxyl groups is 1. The van der Waals surface area contributed by atoms with Crippen LogP contribution in [0, 0.1) is 11.8 Å². The molecule has 0 aliphatic carbocycles. The minimum Gasteiger partial charge on any atom is -0.396 e. The molecule has 25 heavy (non-hydrogen) atoms. The molecule has 0 aliphatic rings. The summed E-state index contributed by atoms with van der Waals surface area (Å²) in [6, 6.07) is 12.6. The molecule has 2 aromatic rings. The molecule has 0 bridgehead atoms. The standard InChI is InChI=1S/C20H23N3O2/c1-3-20(2,12-14-24)23-19(25)22-18-9-6-7-16(15-18)10-11-17-8-4-5-13-21-17/h4-9,13,15,24H,3,12,14H2,1-2H3,(H2,22,23,25). The number of aromatic nitrogens is 1. The highest BCUT2D eigenvalue weighted by Gasteiger charge is 2.23. The van der Waals surface area contributed by atoms with Gasteiger partial charge >= 0.3 is 6.03 Å². The average Bonchev–Trinajstić information content (AvgIpc) is 2.61. The molecule has 0 aliphatic heterocycles. The fourth-order valence-electron chi connectivity index (χ4n) is 2.26. The summed E-state index contributed by atoms with van der Waals surface area (Å²) < 4.78 is 0. The van der Waals surface area contributed by atoms with Gasteiger partial charge in [-0.2, -0.15) is 0 Å². The van der Waals surface area contributed by atoms with Crippen molar-refractivity contribution in [3.63, 3.8) is 0 Å². The van der Waals surface area contributed by atoms with Crippen LogP contribution in [-0.2, 0) is 0 Å². The Balaban J connectivity index is 2.04. The summed E-state index contributed by atoms with van der Waals surface area (Å²) in [6.07, 6.45) is 2.94. The zero-order valence-electron chi connectivity index (χ0n) is 14.5. The van der Waals surface area contributed by atoms with E-state index in [4.69, 9.17) is 5.11 Å². The largest absolute Gasteiger partial charge is 0.396 e. The summed E-state index contributed by atoms with van der Waals surface area (Å²) in [5.41, 5.74) is 1.71. The molecule has 1 unspecified atom stereocenters. The number of nitrogens with zero attached hydrogens (tertiary/aromatic N) is 1. The van der Waals surface area contributed by atoms with Crippen molar-refractivity contribution in [2.45, 2.75) is 32.2 Å². The normalized spacial score (nSPS) is 12.4. The van der Waals surface area contributed by atoms with Crippen molar-refractivity contribution in [3.05, 3.63) is 59.9 Å². The van der Waals surface area contributed by atoms with E-state index in [0.717, 1.165) is 12.0 Å². The van der Waals surface area contributed by atoms with Crippen LogP contribution in [0.4, 0.5) is 10.5 Å². The molecule has 130 valence electrons. The van der Waals surface area contributed by atoms with E-state index in [2.05, 4.69) is 27.5 Å². The molecule has 1 aromatic heterocycles. The molecule has 5 heteroatoms. The Morgan fingerprint density at radius 1 is 1.24 bits per heavy atom. The maximum absolute atomic E-state index is 12.2. The Labute approximate surface area is 148 Å². The molecule has 3 N–H and O–H groups in total. The van der Waals surface area contributed by atoms with Gasteiger partial charge in [0.05, 0.1) is 0 Å². The lowest BCUT2D eigenvalue weighted by molar-refractivity contribution is 0.208. The number of aliphatic hydroxyl groups excluding tert-OH is 1. The smallest absolute Gasteiger partial charge is 0.319 e. The Morgan fingerprint density at radius 2 is 2.08 bits per heavy atom. The van der Waals surface area contributed by atoms with E-state index in [1.807, 2.05) is 50.2 Å². The van der Waals surface area contributed by atoms with Gasteiger partial charge < -0.3 is 15.7 Å². The molecule has 2 amide bonds. The van der Waals surface area contributed by atoms with Crippen molar-refractivity contribution in [2.75, 3.05) is 11.9 Å². The number of amides is 2. The highest BCUT2D eigenvalue weighted by molar-refractivity contribution is 5.89. The molecule has 0 spiro atoms. The Morgan fingerprint density at radius 3 is 2.76 bits per heavy atom. The highest BCUT2D eigenvalue weighted by Crippen LogP contribution is 2.15. The average molecular weight is 337 g/mol. The van der Waals surface area contributed by atoms with E-state index in [9.17, 15) is 4.79 Å². The summed E-state index contributed by atoms with van der Waals surface area (Å²) in [4.78, 5) is 16.4. The lowest BCUT2D eigenvalue weighted by atomic mass is 9.95. The Bertz CT molecular complexity index is 765. The Kier molecular flexibility index (Phi) is 6.55. The molecule has 1 atom stereocenters. The lowest BCUT2D eigenvalue weighted by Gasteiger charge is -2.29. The van der Waals surface area contributed by atoms with Gasteiger partial charge in [-0.15, -0.1) is 0 Å². The summed E-state index contributed by atoms with van der Waals surface area (Å²) in [6.45, 7) is 3.92. The second-order valence-corrected chi connectivity index (χ2v) is 6.01. The van der Waals surface area contributed by atoms with E-state index in [1.54, 1.807) is 12.3 Å². The maximum Gasteiger partial charge on any atom is 0.319 e. The van der Waals surface area contributed by atoms with Crippen molar-refractivity contribution in [1.29, 1.82) is 0 Å². The molecule has 5 nitrogen and oxygen atoms in total. The van der Waals surface area contributed by atoms with Crippen molar-refractivity contribution in [1.82, 2.24) is 10.3 Å². The maximum atomic E-state index is 12.2. The summed E-state index contributed by atoms with van der Waals surface area (Å²) in [5.74, 6) is 6.03. The number of carbonyl (C=O) groups is 1. The number of anilines is 1.